The molecule has 0 N–H and O–H groups in total. The average molecular weight is 639 g/mol. The zero-order chi connectivity index (χ0) is 33.3. The minimum atomic E-state index is 1.16. The summed E-state index contributed by atoms with van der Waals surface area (Å²) in [5, 5.41) is 10.1. The van der Waals surface area contributed by atoms with Crippen molar-refractivity contribution in [2.75, 3.05) is 0 Å². The van der Waals surface area contributed by atoms with E-state index in [9.17, 15) is 0 Å². The summed E-state index contributed by atoms with van der Waals surface area (Å²) in [4.78, 5) is 0. The van der Waals surface area contributed by atoms with Gasteiger partial charge in [-0.2, -0.15) is 0 Å². The third-order valence-corrected chi connectivity index (χ3v) is 10.4. The molecule has 10 aromatic rings. The maximum atomic E-state index is 2.48. The van der Waals surface area contributed by atoms with E-state index in [4.69, 9.17) is 0 Å². The molecule has 0 bridgehead atoms. The molecule has 236 valence electrons. The van der Waals surface area contributed by atoms with E-state index in [-0.39, 0.29) is 0 Å². The monoisotopic (exact) mass is 638 g/mol. The van der Waals surface area contributed by atoms with E-state index in [1.807, 2.05) is 0 Å². The van der Waals surface area contributed by atoms with Gasteiger partial charge in [0, 0.05) is 22.5 Å². The molecule has 50 heavy (non-hydrogen) atoms. The summed E-state index contributed by atoms with van der Waals surface area (Å²) >= 11 is 0. The van der Waals surface area contributed by atoms with Gasteiger partial charge in [0.1, 0.15) is 0 Å². The van der Waals surface area contributed by atoms with Crippen molar-refractivity contribution in [2.24, 2.45) is 0 Å². The van der Waals surface area contributed by atoms with E-state index in [0.29, 0.717) is 0 Å². The van der Waals surface area contributed by atoms with Gasteiger partial charge in [0.15, 0.2) is 0 Å². The first-order valence-corrected chi connectivity index (χ1v) is 17.4. The van der Waals surface area contributed by atoms with Crippen molar-refractivity contribution in [1.29, 1.82) is 0 Å². The maximum Gasteiger partial charge on any atom is 0.0724 e. The fourth-order valence-corrected chi connectivity index (χ4v) is 8.17. The highest BCUT2D eigenvalue weighted by molar-refractivity contribution is 6.16. The molecule has 2 nitrogen and oxygen atoms in total. The summed E-state index contributed by atoms with van der Waals surface area (Å²) < 4.78 is 4.97. The van der Waals surface area contributed by atoms with Gasteiger partial charge in [-0.3, -0.25) is 0 Å². The Morgan fingerprint density at radius 1 is 0.320 bits per heavy atom. The highest BCUT2D eigenvalue weighted by atomic mass is 15.1. The van der Waals surface area contributed by atoms with Crippen LogP contribution in [-0.4, -0.2) is 9.13 Å². The lowest BCUT2D eigenvalue weighted by atomic mass is 9.95. The number of aryl methyl sites for hydroxylation is 2. The van der Waals surface area contributed by atoms with Crippen LogP contribution in [0.3, 0.4) is 0 Å². The molecule has 0 aliphatic heterocycles. The Bertz CT molecular complexity index is 2750. The molecular formula is C48H34N2. The van der Waals surface area contributed by atoms with Gasteiger partial charge >= 0.3 is 0 Å². The first kappa shape index (κ1) is 28.6. The molecule has 0 saturated carbocycles. The zero-order valence-corrected chi connectivity index (χ0v) is 28.1. The quantitative estimate of drug-likeness (QED) is 0.170. The van der Waals surface area contributed by atoms with Crippen molar-refractivity contribution < 1.29 is 0 Å². The number of hydrogen-bond donors (Lipinski definition) is 0. The largest absolute Gasteiger partial charge is 0.308 e. The van der Waals surface area contributed by atoms with E-state index in [1.165, 1.54) is 87.8 Å². The highest BCUT2D eigenvalue weighted by Crippen LogP contribution is 2.44. The minimum absolute atomic E-state index is 1.16. The van der Waals surface area contributed by atoms with Crippen LogP contribution in [0.1, 0.15) is 11.1 Å². The first-order chi connectivity index (χ1) is 24.6. The fourth-order valence-electron chi connectivity index (χ4n) is 8.17. The van der Waals surface area contributed by atoms with Crippen molar-refractivity contribution in [3.05, 3.63) is 181 Å². The van der Waals surface area contributed by atoms with Crippen molar-refractivity contribution in [1.82, 2.24) is 9.13 Å². The number of fused-ring (bicyclic) bond motifs is 7. The predicted octanol–water partition coefficient (Wildman–Crippen LogP) is 13.0. The van der Waals surface area contributed by atoms with Crippen LogP contribution in [0.4, 0.5) is 0 Å². The van der Waals surface area contributed by atoms with Crippen LogP contribution < -0.4 is 0 Å². The SMILES string of the molecule is Cc1cccc(-n2c(-c3cc4ccccc4c4ccccc34)cc3c2cc(-c2cc4ccccc4c4ccccc24)n3-c2cccc(C)c2)c1. The molecule has 2 heterocycles. The minimum Gasteiger partial charge on any atom is -0.308 e. The molecule has 10 rings (SSSR count). The molecule has 0 saturated heterocycles. The Labute approximate surface area is 291 Å². The van der Waals surface area contributed by atoms with Gasteiger partial charge < -0.3 is 9.13 Å². The first-order valence-electron chi connectivity index (χ1n) is 17.4. The lowest BCUT2D eigenvalue weighted by molar-refractivity contribution is 1.13. The summed E-state index contributed by atoms with van der Waals surface area (Å²) in [5.41, 5.74) is 11.9. The lowest BCUT2D eigenvalue weighted by Crippen LogP contribution is -1.98. The van der Waals surface area contributed by atoms with Crippen LogP contribution in [0.5, 0.6) is 0 Å². The summed E-state index contributed by atoms with van der Waals surface area (Å²) in [6.07, 6.45) is 0. The van der Waals surface area contributed by atoms with Gasteiger partial charge in [0.2, 0.25) is 0 Å². The van der Waals surface area contributed by atoms with Crippen LogP contribution >= 0.6 is 0 Å². The molecule has 0 radical (unpaired) electrons. The predicted molar refractivity (Wildman–Crippen MR) is 213 cm³/mol. The number of hydrogen-bond acceptors (Lipinski definition) is 0. The van der Waals surface area contributed by atoms with Crippen molar-refractivity contribution >= 4 is 54.1 Å². The van der Waals surface area contributed by atoms with Crippen LogP contribution in [-0.2, 0) is 0 Å². The number of nitrogens with zero attached hydrogens (tertiary/aromatic N) is 2. The number of benzene rings is 8. The molecular weight excluding hydrogens is 605 g/mol. The fraction of sp³-hybridized carbons (Fsp3) is 0.0417. The van der Waals surface area contributed by atoms with Gasteiger partial charge in [-0.15, -0.1) is 0 Å². The van der Waals surface area contributed by atoms with Gasteiger partial charge in [-0.05, 0) is 117 Å². The Kier molecular flexibility index (Phi) is 6.34. The third kappa shape index (κ3) is 4.35. The molecule has 8 aromatic carbocycles. The summed E-state index contributed by atoms with van der Waals surface area (Å²) in [6.45, 7) is 4.36. The van der Waals surface area contributed by atoms with Crippen molar-refractivity contribution in [3.8, 4) is 33.9 Å². The normalized spacial score (nSPS) is 11.8. The smallest absolute Gasteiger partial charge is 0.0724 e. The summed E-state index contributed by atoms with van der Waals surface area (Å²) in [6, 6.07) is 62.6. The topological polar surface area (TPSA) is 9.86 Å². The standard InChI is InChI=1S/C48H34N2/c1-31-13-11-17-35(25-31)49-45(43-27-33-15-3-5-19-37(33)39-21-7-9-23-41(39)43)29-48-47(49)30-46(50(48)36-18-12-14-32(2)26-36)44-28-34-16-4-6-20-38(34)40-22-8-10-24-42(40)44/h3-30H,1-2H3. The van der Waals surface area contributed by atoms with Crippen molar-refractivity contribution in [3.63, 3.8) is 0 Å². The molecule has 0 fully saturated rings. The number of aromatic nitrogens is 2. The van der Waals surface area contributed by atoms with Crippen molar-refractivity contribution in [2.45, 2.75) is 13.8 Å². The van der Waals surface area contributed by atoms with E-state index in [1.54, 1.807) is 0 Å². The van der Waals surface area contributed by atoms with Crippen LogP contribution in [0.15, 0.2) is 170 Å². The molecule has 2 heteroatoms. The van der Waals surface area contributed by atoms with E-state index in [0.717, 1.165) is 11.4 Å². The van der Waals surface area contributed by atoms with Crippen LogP contribution in [0.2, 0.25) is 0 Å². The molecule has 0 spiro atoms. The third-order valence-electron chi connectivity index (χ3n) is 10.4. The molecule has 0 amide bonds. The molecule has 0 unspecified atom stereocenters. The molecule has 0 aliphatic carbocycles. The summed E-state index contributed by atoms with van der Waals surface area (Å²) in [5.74, 6) is 0. The molecule has 0 atom stereocenters. The number of rotatable bonds is 4. The Morgan fingerprint density at radius 3 is 1.12 bits per heavy atom. The second kappa shape index (κ2) is 11.1. The summed E-state index contributed by atoms with van der Waals surface area (Å²) in [7, 11) is 0. The van der Waals surface area contributed by atoms with E-state index < -0.39 is 0 Å². The van der Waals surface area contributed by atoms with E-state index in [2.05, 4.69) is 193 Å². The lowest BCUT2D eigenvalue weighted by Gasteiger charge is -2.16. The maximum absolute atomic E-state index is 2.48. The van der Waals surface area contributed by atoms with Gasteiger partial charge in [-0.25, -0.2) is 0 Å². The second-order valence-corrected chi connectivity index (χ2v) is 13.6. The molecule has 0 aliphatic rings. The van der Waals surface area contributed by atoms with Crippen LogP contribution in [0, 0.1) is 13.8 Å². The average Bonchev–Trinajstić information content (AvgIpc) is 3.70. The zero-order valence-electron chi connectivity index (χ0n) is 28.1. The Balaban J connectivity index is 1.37. The molecule has 2 aromatic heterocycles. The second-order valence-electron chi connectivity index (χ2n) is 13.6. The van der Waals surface area contributed by atoms with E-state index >= 15 is 0 Å². The highest BCUT2D eigenvalue weighted by Gasteiger charge is 2.23. The van der Waals surface area contributed by atoms with Gasteiger partial charge in [0.25, 0.3) is 0 Å². The van der Waals surface area contributed by atoms with Crippen LogP contribution in [0.25, 0.3) is 88.0 Å². The van der Waals surface area contributed by atoms with Gasteiger partial charge in [0.05, 0.1) is 22.4 Å². The Hall–Kier alpha value is -6.38. The van der Waals surface area contributed by atoms with Gasteiger partial charge in [-0.1, -0.05) is 121 Å². The Morgan fingerprint density at radius 2 is 0.700 bits per heavy atom.